The number of halogens is 4. The monoisotopic (exact) mass is 498 g/mol. The number of para-hydroxylation sites is 2. The zero-order chi connectivity index (χ0) is 25.2. The van der Waals surface area contributed by atoms with Crippen molar-refractivity contribution >= 4 is 29.1 Å². The van der Waals surface area contributed by atoms with Gasteiger partial charge >= 0.3 is 6.18 Å². The third-order valence-electron chi connectivity index (χ3n) is 5.17. The highest BCUT2D eigenvalue weighted by Gasteiger charge is 2.35. The van der Waals surface area contributed by atoms with E-state index in [9.17, 15) is 22.8 Å². The summed E-state index contributed by atoms with van der Waals surface area (Å²) in [6.07, 6.45) is -4.65. The molecule has 1 aromatic heterocycles. The average molecular weight is 499 g/mol. The average Bonchev–Trinajstić information content (AvgIpc) is 3.30. The van der Waals surface area contributed by atoms with Crippen molar-refractivity contribution in [1.29, 1.82) is 0 Å². The topological polar surface area (TPSA) is 76.0 Å². The number of aromatic nitrogens is 2. The van der Waals surface area contributed by atoms with Crippen molar-refractivity contribution in [3.05, 3.63) is 101 Å². The van der Waals surface area contributed by atoms with E-state index in [0.717, 1.165) is 10.7 Å². The van der Waals surface area contributed by atoms with Crippen LogP contribution in [-0.4, -0.2) is 28.6 Å². The summed E-state index contributed by atoms with van der Waals surface area (Å²) in [6.45, 7) is 0. The number of amides is 2. The van der Waals surface area contributed by atoms with E-state index in [1.54, 1.807) is 48.5 Å². The smallest absolute Gasteiger partial charge is 0.355 e. The molecule has 0 bridgehead atoms. The van der Waals surface area contributed by atoms with E-state index in [0.29, 0.717) is 16.8 Å². The molecule has 2 amide bonds. The van der Waals surface area contributed by atoms with Gasteiger partial charge in [-0.1, -0.05) is 48.0 Å². The first-order valence-electron chi connectivity index (χ1n) is 10.3. The van der Waals surface area contributed by atoms with Crippen LogP contribution in [0.4, 0.5) is 18.9 Å². The van der Waals surface area contributed by atoms with Gasteiger partial charge in [0.25, 0.3) is 11.8 Å². The van der Waals surface area contributed by atoms with Crippen LogP contribution in [-0.2, 0) is 6.18 Å². The molecule has 0 aliphatic heterocycles. The number of nitrogens with zero attached hydrogens (tertiary/aromatic N) is 2. The number of nitrogens with one attached hydrogen (secondary N) is 2. The van der Waals surface area contributed by atoms with Crippen molar-refractivity contribution in [3.63, 3.8) is 0 Å². The number of alkyl halides is 3. The molecule has 0 unspecified atom stereocenters. The second-order valence-corrected chi connectivity index (χ2v) is 7.84. The molecule has 0 aliphatic rings. The number of hydrogen-bond donors (Lipinski definition) is 2. The second-order valence-electron chi connectivity index (χ2n) is 7.43. The minimum absolute atomic E-state index is 0.155. The summed E-state index contributed by atoms with van der Waals surface area (Å²) < 4.78 is 41.4. The minimum Gasteiger partial charge on any atom is -0.355 e. The molecule has 4 rings (SSSR count). The molecule has 35 heavy (non-hydrogen) atoms. The van der Waals surface area contributed by atoms with Crippen LogP contribution in [0.1, 0.15) is 26.4 Å². The Hall–Kier alpha value is -4.11. The summed E-state index contributed by atoms with van der Waals surface area (Å²) >= 11 is 6.21. The Morgan fingerprint density at radius 1 is 0.914 bits per heavy atom. The zero-order valence-corrected chi connectivity index (χ0v) is 19.0. The van der Waals surface area contributed by atoms with E-state index >= 15 is 0 Å². The maximum absolute atomic E-state index is 13.4. The first-order valence-corrected chi connectivity index (χ1v) is 10.7. The Bertz CT molecular complexity index is 1400. The van der Waals surface area contributed by atoms with Crippen LogP contribution in [0.2, 0.25) is 5.02 Å². The largest absolute Gasteiger partial charge is 0.435 e. The Labute approximate surface area is 203 Å². The number of rotatable bonds is 5. The SMILES string of the molecule is CNC(=O)c1ccccc1NC(=O)c1ccc(-c2cc(C(F)(F)F)nn2-c2ccccc2Cl)cc1. The van der Waals surface area contributed by atoms with Gasteiger partial charge in [0.05, 0.1) is 27.7 Å². The fourth-order valence-corrected chi connectivity index (χ4v) is 3.66. The third-order valence-corrected chi connectivity index (χ3v) is 5.49. The molecular formula is C25H18ClF3N4O2. The molecular weight excluding hydrogens is 481 g/mol. The van der Waals surface area contributed by atoms with Crippen LogP contribution < -0.4 is 10.6 Å². The summed E-state index contributed by atoms with van der Waals surface area (Å²) in [5, 5.41) is 9.15. The molecule has 1 heterocycles. The van der Waals surface area contributed by atoms with Gasteiger partial charge in [-0.25, -0.2) is 4.68 Å². The van der Waals surface area contributed by atoms with E-state index in [1.165, 1.54) is 31.3 Å². The molecule has 6 nitrogen and oxygen atoms in total. The fourth-order valence-electron chi connectivity index (χ4n) is 3.44. The third kappa shape index (κ3) is 5.04. The standard InChI is InChI=1S/C25H18ClF3N4O2/c1-30-24(35)17-6-2-4-8-19(17)31-23(34)16-12-10-15(11-13-16)21-14-22(25(27,28)29)32-33(21)20-9-5-3-7-18(20)26/h2-14H,1H3,(H,30,35)(H,31,34). The maximum atomic E-state index is 13.4. The second kappa shape index (κ2) is 9.63. The van der Waals surface area contributed by atoms with Crippen LogP contribution >= 0.6 is 11.6 Å². The highest BCUT2D eigenvalue weighted by molar-refractivity contribution is 6.32. The molecule has 4 aromatic rings. The van der Waals surface area contributed by atoms with Gasteiger partial charge in [-0.15, -0.1) is 0 Å². The van der Waals surface area contributed by atoms with E-state index in [2.05, 4.69) is 15.7 Å². The van der Waals surface area contributed by atoms with Crippen molar-refractivity contribution in [1.82, 2.24) is 15.1 Å². The van der Waals surface area contributed by atoms with Crippen molar-refractivity contribution in [2.24, 2.45) is 0 Å². The van der Waals surface area contributed by atoms with Gasteiger partial charge in [-0.05, 0) is 42.5 Å². The summed E-state index contributed by atoms with van der Waals surface area (Å²) in [7, 11) is 1.48. The lowest BCUT2D eigenvalue weighted by Gasteiger charge is -2.11. The fraction of sp³-hybridized carbons (Fsp3) is 0.0800. The van der Waals surface area contributed by atoms with Crippen LogP contribution in [0.5, 0.6) is 0 Å². The van der Waals surface area contributed by atoms with E-state index in [-0.39, 0.29) is 27.9 Å². The Kier molecular flexibility index (Phi) is 6.61. The predicted molar refractivity (Wildman–Crippen MR) is 127 cm³/mol. The first-order chi connectivity index (χ1) is 16.7. The van der Waals surface area contributed by atoms with Crippen LogP contribution in [0.15, 0.2) is 78.9 Å². The molecule has 0 spiro atoms. The zero-order valence-electron chi connectivity index (χ0n) is 18.2. The molecule has 0 saturated heterocycles. The van der Waals surface area contributed by atoms with Gasteiger partial charge in [0.1, 0.15) is 0 Å². The quantitative estimate of drug-likeness (QED) is 0.364. The van der Waals surface area contributed by atoms with Crippen LogP contribution in [0.25, 0.3) is 16.9 Å². The molecule has 178 valence electrons. The first kappa shape index (κ1) is 24.0. The van der Waals surface area contributed by atoms with Crippen molar-refractivity contribution in [2.75, 3.05) is 12.4 Å². The summed E-state index contributed by atoms with van der Waals surface area (Å²) in [5.74, 6) is -0.840. The lowest BCUT2D eigenvalue weighted by atomic mass is 10.1. The van der Waals surface area contributed by atoms with Crippen LogP contribution in [0, 0.1) is 0 Å². The lowest BCUT2D eigenvalue weighted by Crippen LogP contribution is -2.21. The van der Waals surface area contributed by atoms with Crippen LogP contribution in [0.3, 0.4) is 0 Å². The highest BCUT2D eigenvalue weighted by Crippen LogP contribution is 2.34. The molecule has 0 fully saturated rings. The summed E-state index contributed by atoms with van der Waals surface area (Å²) in [5.41, 5.74) is 0.640. The molecule has 0 saturated carbocycles. The number of carbonyl (C=O) groups is 2. The van der Waals surface area contributed by atoms with Crippen molar-refractivity contribution in [2.45, 2.75) is 6.18 Å². The normalized spacial score (nSPS) is 11.2. The molecule has 0 radical (unpaired) electrons. The van der Waals surface area contributed by atoms with E-state index < -0.39 is 17.8 Å². The van der Waals surface area contributed by atoms with Gasteiger partial charge < -0.3 is 10.6 Å². The van der Waals surface area contributed by atoms with Crippen molar-refractivity contribution < 1.29 is 22.8 Å². The Morgan fingerprint density at radius 2 is 1.57 bits per heavy atom. The van der Waals surface area contributed by atoms with Gasteiger partial charge in [0.2, 0.25) is 0 Å². The molecule has 2 N–H and O–H groups in total. The van der Waals surface area contributed by atoms with Crippen molar-refractivity contribution in [3.8, 4) is 16.9 Å². The maximum Gasteiger partial charge on any atom is 0.435 e. The highest BCUT2D eigenvalue weighted by atomic mass is 35.5. The van der Waals surface area contributed by atoms with Gasteiger partial charge in [0.15, 0.2) is 5.69 Å². The Morgan fingerprint density at radius 3 is 2.23 bits per heavy atom. The number of anilines is 1. The predicted octanol–water partition coefficient (Wildman–Crippen LogP) is 5.82. The molecule has 0 aliphatic carbocycles. The van der Waals surface area contributed by atoms with Gasteiger partial charge in [-0.3, -0.25) is 9.59 Å². The van der Waals surface area contributed by atoms with E-state index in [4.69, 9.17) is 11.6 Å². The number of hydrogen-bond acceptors (Lipinski definition) is 3. The van der Waals surface area contributed by atoms with Gasteiger partial charge in [-0.2, -0.15) is 18.3 Å². The summed E-state index contributed by atoms with van der Waals surface area (Å²) in [6, 6.07) is 19.9. The molecule has 10 heteroatoms. The lowest BCUT2D eigenvalue weighted by molar-refractivity contribution is -0.141. The minimum atomic E-state index is -4.65. The van der Waals surface area contributed by atoms with Gasteiger partial charge in [0, 0.05) is 18.2 Å². The number of carbonyl (C=O) groups excluding carboxylic acids is 2. The summed E-state index contributed by atoms with van der Waals surface area (Å²) in [4.78, 5) is 24.8. The molecule has 0 atom stereocenters. The molecule has 3 aromatic carbocycles. The Balaban J connectivity index is 1.67. The number of benzene rings is 3. The van der Waals surface area contributed by atoms with E-state index in [1.807, 2.05) is 0 Å².